The van der Waals surface area contributed by atoms with Gasteiger partial charge in [-0.1, -0.05) is 58.4 Å². The molecule has 5 rings (SSSR count). The summed E-state index contributed by atoms with van der Waals surface area (Å²) in [6.07, 6.45) is 0.217. The highest BCUT2D eigenvalue weighted by molar-refractivity contribution is 9.10. The predicted octanol–water partition coefficient (Wildman–Crippen LogP) is 3.65. The van der Waals surface area contributed by atoms with Crippen molar-refractivity contribution in [2.45, 2.75) is 43.1 Å². The zero-order chi connectivity index (χ0) is 23.5. The molecule has 2 N–H and O–H groups in total. The number of nitrogens with zero attached hydrogens (tertiary/aromatic N) is 2. The first-order valence-corrected chi connectivity index (χ1v) is 11.6. The monoisotopic (exact) mass is 512 g/mol. The van der Waals surface area contributed by atoms with E-state index in [-0.39, 0.29) is 11.7 Å². The Morgan fingerprint density at radius 1 is 1.18 bits per heavy atom. The minimum atomic E-state index is -1.99. The molecule has 0 bridgehead atoms. The molecule has 0 spiro atoms. The summed E-state index contributed by atoms with van der Waals surface area (Å²) in [5.74, 6) is -2.06. The van der Waals surface area contributed by atoms with E-state index in [2.05, 4.69) is 21.0 Å². The van der Waals surface area contributed by atoms with Gasteiger partial charge in [0.1, 0.15) is 11.8 Å². The Bertz CT molecular complexity index is 1200. The van der Waals surface area contributed by atoms with E-state index in [1.807, 2.05) is 68.4 Å². The Morgan fingerprint density at radius 2 is 1.85 bits per heavy atom. The minimum Gasteiger partial charge on any atom is -0.475 e. The number of halogens is 1. The fraction of sp³-hybridized carbons (Fsp3) is 0.360. The normalized spacial score (nSPS) is 30.1. The first-order valence-electron chi connectivity index (χ1n) is 10.8. The molecule has 33 heavy (non-hydrogen) atoms. The summed E-state index contributed by atoms with van der Waals surface area (Å²) in [4.78, 5) is 13.1. The second-order valence-electron chi connectivity index (χ2n) is 8.91. The van der Waals surface area contributed by atoms with Crippen LogP contribution in [0, 0.1) is 5.92 Å². The van der Waals surface area contributed by atoms with Gasteiger partial charge in [0.15, 0.2) is 17.0 Å². The van der Waals surface area contributed by atoms with Crippen molar-refractivity contribution in [1.82, 2.24) is 9.78 Å². The van der Waals surface area contributed by atoms with Crippen molar-refractivity contribution >= 4 is 21.9 Å². The number of hydrogen-bond acceptors (Lipinski definition) is 6. The van der Waals surface area contributed by atoms with Crippen LogP contribution in [0.4, 0.5) is 0 Å². The number of rotatable bonds is 4. The summed E-state index contributed by atoms with van der Waals surface area (Å²) >= 11 is 3.46. The second kappa shape index (κ2) is 7.68. The van der Waals surface area contributed by atoms with Crippen LogP contribution in [-0.4, -0.2) is 39.2 Å². The number of aliphatic hydroxyl groups excluding tert-OH is 1. The smallest absolute Gasteiger partial charge is 0.312 e. The number of hydrogen-bond donors (Lipinski definition) is 2. The topological polar surface area (TPSA) is 93.8 Å². The predicted molar refractivity (Wildman–Crippen MR) is 124 cm³/mol. The molecule has 1 aliphatic heterocycles. The van der Waals surface area contributed by atoms with Crippen LogP contribution in [0.25, 0.3) is 0 Å². The highest BCUT2D eigenvalue weighted by Crippen LogP contribution is 2.68. The van der Waals surface area contributed by atoms with E-state index in [0.29, 0.717) is 11.3 Å². The molecule has 1 aliphatic carbocycles. The highest BCUT2D eigenvalue weighted by atomic mass is 79.9. The summed E-state index contributed by atoms with van der Waals surface area (Å²) in [6.45, 7) is 3.92. The molecule has 2 aromatic carbocycles. The van der Waals surface area contributed by atoms with Crippen LogP contribution >= 0.6 is 15.9 Å². The summed E-state index contributed by atoms with van der Waals surface area (Å²) < 4.78 is 14.3. The van der Waals surface area contributed by atoms with Crippen molar-refractivity contribution < 1.29 is 24.5 Å². The molecule has 0 radical (unpaired) electrons. The van der Waals surface area contributed by atoms with Crippen molar-refractivity contribution in [3.8, 4) is 5.75 Å². The fourth-order valence-electron chi connectivity index (χ4n) is 5.42. The van der Waals surface area contributed by atoms with Gasteiger partial charge in [-0.3, -0.25) is 9.48 Å². The molecular weight excluding hydrogens is 488 g/mol. The maximum absolute atomic E-state index is 13.1. The number of fused-ring (bicyclic) bond motifs is 3. The standard InChI is InChI=1S/C25H25BrN2O5/c1-14(2)28-13-18-21(27-28)24(31)22(29)19(23(30)32-3)20(15-7-5-4-6-8-15)25(24,33-18)16-9-11-17(26)12-10-16/h4-14,19-20,22,29,31H,1-3H3/t19-,20-,22-,24+,25+/m1/s1. The Balaban J connectivity index is 1.83. The van der Waals surface area contributed by atoms with Crippen molar-refractivity contribution in [2.24, 2.45) is 5.92 Å². The summed E-state index contributed by atoms with van der Waals surface area (Å²) in [5, 5.41) is 28.6. The Hall–Kier alpha value is -2.68. The summed E-state index contributed by atoms with van der Waals surface area (Å²) in [7, 11) is 1.28. The third-order valence-electron chi connectivity index (χ3n) is 6.90. The van der Waals surface area contributed by atoms with Gasteiger partial charge >= 0.3 is 5.97 Å². The molecule has 3 aromatic rings. The van der Waals surface area contributed by atoms with Gasteiger partial charge in [-0.2, -0.15) is 5.10 Å². The van der Waals surface area contributed by atoms with Gasteiger partial charge in [-0.15, -0.1) is 0 Å². The van der Waals surface area contributed by atoms with Gasteiger partial charge in [0.05, 0.1) is 19.2 Å². The average molecular weight is 513 g/mol. The largest absolute Gasteiger partial charge is 0.475 e. The van der Waals surface area contributed by atoms with Gasteiger partial charge < -0.3 is 19.7 Å². The molecule has 2 aliphatic rings. The molecule has 1 aromatic heterocycles. The number of ether oxygens (including phenoxy) is 2. The Morgan fingerprint density at radius 3 is 2.45 bits per heavy atom. The second-order valence-corrected chi connectivity index (χ2v) is 9.82. The number of benzene rings is 2. The maximum Gasteiger partial charge on any atom is 0.312 e. The van der Waals surface area contributed by atoms with Crippen molar-refractivity contribution in [3.63, 3.8) is 0 Å². The number of aromatic nitrogens is 2. The van der Waals surface area contributed by atoms with Crippen LogP contribution in [0.1, 0.15) is 42.6 Å². The average Bonchev–Trinajstić information content (AvgIpc) is 3.40. The van der Waals surface area contributed by atoms with Crippen LogP contribution in [0.2, 0.25) is 0 Å². The first-order chi connectivity index (χ1) is 15.8. The fourth-order valence-corrected chi connectivity index (χ4v) is 5.68. The molecule has 7 nitrogen and oxygen atoms in total. The van der Waals surface area contributed by atoms with E-state index < -0.39 is 35.1 Å². The maximum atomic E-state index is 13.1. The van der Waals surface area contributed by atoms with Crippen LogP contribution in [-0.2, 0) is 20.7 Å². The number of methoxy groups -OCH3 is 1. The molecule has 8 heteroatoms. The minimum absolute atomic E-state index is 0.0183. The van der Waals surface area contributed by atoms with Crippen LogP contribution < -0.4 is 4.74 Å². The van der Waals surface area contributed by atoms with Crippen LogP contribution in [0.5, 0.6) is 5.75 Å². The van der Waals surface area contributed by atoms with Gasteiger partial charge in [0, 0.05) is 16.4 Å². The Labute approximate surface area is 200 Å². The lowest BCUT2D eigenvalue weighted by Gasteiger charge is -2.40. The molecule has 172 valence electrons. The van der Waals surface area contributed by atoms with E-state index in [1.165, 1.54) is 7.11 Å². The molecule has 1 fully saturated rings. The van der Waals surface area contributed by atoms with Gasteiger partial charge in [-0.05, 0) is 37.1 Å². The summed E-state index contributed by atoms with van der Waals surface area (Å²) in [5.41, 5.74) is -1.90. The lowest BCUT2D eigenvalue weighted by Crippen LogP contribution is -2.52. The number of carbonyl (C=O) groups is 1. The molecule has 0 amide bonds. The molecule has 0 saturated heterocycles. The van der Waals surface area contributed by atoms with Gasteiger partial charge in [0.2, 0.25) is 0 Å². The highest BCUT2D eigenvalue weighted by Gasteiger charge is 2.78. The molecule has 5 atom stereocenters. The molecule has 1 saturated carbocycles. The number of aliphatic hydroxyl groups is 2. The van der Waals surface area contributed by atoms with E-state index in [4.69, 9.17) is 9.47 Å². The SMILES string of the molecule is COC(=O)[C@H]1[C@@H](O)[C@@]2(O)c3nn(C(C)C)cc3O[C@@]2(c2ccc(Br)cc2)[C@@H]1c1ccccc1. The van der Waals surface area contributed by atoms with E-state index >= 15 is 0 Å². The van der Waals surface area contributed by atoms with E-state index in [1.54, 1.807) is 10.9 Å². The number of carbonyl (C=O) groups excluding carboxylic acids is 1. The third-order valence-corrected chi connectivity index (χ3v) is 7.42. The van der Waals surface area contributed by atoms with E-state index in [9.17, 15) is 15.0 Å². The zero-order valence-corrected chi connectivity index (χ0v) is 20.1. The van der Waals surface area contributed by atoms with Gasteiger partial charge in [-0.25, -0.2) is 0 Å². The molecule has 0 unspecified atom stereocenters. The van der Waals surface area contributed by atoms with Crippen molar-refractivity contribution in [2.75, 3.05) is 7.11 Å². The van der Waals surface area contributed by atoms with Crippen molar-refractivity contribution in [1.29, 1.82) is 0 Å². The van der Waals surface area contributed by atoms with Crippen LogP contribution in [0.15, 0.2) is 65.3 Å². The lowest BCUT2D eigenvalue weighted by atomic mass is 9.71. The number of esters is 1. The van der Waals surface area contributed by atoms with Crippen LogP contribution in [0.3, 0.4) is 0 Å². The quantitative estimate of drug-likeness (QED) is 0.518. The lowest BCUT2D eigenvalue weighted by molar-refractivity contribution is -0.162. The van der Waals surface area contributed by atoms with E-state index in [0.717, 1.165) is 10.0 Å². The molecule has 2 heterocycles. The van der Waals surface area contributed by atoms with Gasteiger partial charge in [0.25, 0.3) is 0 Å². The first kappa shape index (κ1) is 22.1. The van der Waals surface area contributed by atoms with Crippen molar-refractivity contribution in [3.05, 3.63) is 82.1 Å². The Kier molecular flexibility index (Phi) is 5.15. The third kappa shape index (κ3) is 2.87. The molecular formula is C25H25BrN2O5. The summed E-state index contributed by atoms with van der Waals surface area (Å²) in [6, 6.07) is 16.7. The zero-order valence-electron chi connectivity index (χ0n) is 18.5.